The predicted octanol–water partition coefficient (Wildman–Crippen LogP) is 5.45. The Morgan fingerprint density at radius 2 is 0.615 bits per heavy atom. The van der Waals surface area contributed by atoms with Crippen LogP contribution in [0.5, 0.6) is 0 Å². The summed E-state index contributed by atoms with van der Waals surface area (Å²) in [7, 11) is 0. The zero-order valence-corrected chi connectivity index (χ0v) is 12.0. The Morgan fingerprint density at radius 3 is 0.615 bits per heavy atom. The molecule has 0 aromatic rings. The minimum atomic E-state index is -1.31. The predicted molar refractivity (Wildman–Crippen MR) is 60.4 cm³/mol. The van der Waals surface area contributed by atoms with Crippen LogP contribution < -0.4 is 0 Å². The van der Waals surface area contributed by atoms with Gasteiger partial charge in [0.05, 0.1) is 0 Å². The fraction of sp³-hybridized carbons (Fsp3) is 1.00. The molecule has 0 heterocycles. The van der Waals surface area contributed by atoms with E-state index in [0.29, 0.717) is 0 Å². The van der Waals surface area contributed by atoms with Gasteiger partial charge in [-0.25, -0.2) is 0 Å². The van der Waals surface area contributed by atoms with Crippen LogP contribution in [0.25, 0.3) is 0 Å². The van der Waals surface area contributed by atoms with Crippen LogP contribution in [0.1, 0.15) is 55.4 Å². The van der Waals surface area contributed by atoms with E-state index in [1.165, 1.54) is 0 Å². The number of hydrogen-bond donors (Lipinski definition) is 0. The maximum absolute atomic E-state index is 2.44. The van der Waals surface area contributed by atoms with Crippen molar-refractivity contribution in [2.24, 2.45) is 0 Å². The summed E-state index contributed by atoms with van der Waals surface area (Å²) in [5.41, 5.74) is 0. The molecule has 1 heteroatoms. The Balaban J connectivity index is 5.06. The molecule has 0 N–H and O–H groups in total. The van der Waals surface area contributed by atoms with Crippen molar-refractivity contribution in [2.75, 3.05) is 0 Å². The second-order valence-electron chi connectivity index (χ2n) is 5.01. The van der Waals surface area contributed by atoms with Crippen molar-refractivity contribution in [1.82, 2.24) is 0 Å². The van der Waals surface area contributed by atoms with E-state index < -0.39 is 13.1 Å². The third kappa shape index (κ3) is 2.31. The molecule has 0 aromatic carbocycles. The summed E-state index contributed by atoms with van der Waals surface area (Å²) < 4.78 is 3.71. The molecule has 82 valence electrons. The molecule has 0 atom stereocenters. The minimum absolute atomic E-state index is 0.927. The van der Waals surface area contributed by atoms with Crippen molar-refractivity contribution in [3.63, 3.8) is 0 Å². The SMILES string of the molecule is C[CH](C)[Cr]([CH](C)C)([CH](C)C)[CH](C)C. The van der Waals surface area contributed by atoms with Gasteiger partial charge < -0.3 is 0 Å². The van der Waals surface area contributed by atoms with Gasteiger partial charge in [0.15, 0.2) is 0 Å². The normalized spacial score (nSPS) is 15.1. The van der Waals surface area contributed by atoms with Crippen LogP contribution in [-0.2, 0) is 13.1 Å². The monoisotopic (exact) mass is 224 g/mol. The van der Waals surface area contributed by atoms with Crippen LogP contribution >= 0.6 is 0 Å². The molecular weight excluding hydrogens is 196 g/mol. The second-order valence-corrected chi connectivity index (χ2v) is 13.5. The third-order valence-corrected chi connectivity index (χ3v) is 13.5. The molecular formula is C12H28Cr. The van der Waals surface area contributed by atoms with Crippen molar-refractivity contribution in [2.45, 2.75) is 74.5 Å². The Bertz CT molecular complexity index is 108. The van der Waals surface area contributed by atoms with E-state index in [-0.39, 0.29) is 0 Å². The number of rotatable bonds is 4. The van der Waals surface area contributed by atoms with E-state index in [0.717, 1.165) is 19.1 Å². The molecule has 0 saturated carbocycles. The fourth-order valence-electron chi connectivity index (χ4n) is 3.27. The first-order chi connectivity index (χ1) is 5.77. The van der Waals surface area contributed by atoms with Gasteiger partial charge in [-0.3, -0.25) is 0 Å². The van der Waals surface area contributed by atoms with Crippen molar-refractivity contribution >= 4 is 0 Å². The molecule has 0 saturated heterocycles. The van der Waals surface area contributed by atoms with E-state index >= 15 is 0 Å². The quantitative estimate of drug-likeness (QED) is 0.595. The van der Waals surface area contributed by atoms with Gasteiger partial charge in [-0.05, 0) is 0 Å². The van der Waals surface area contributed by atoms with Crippen LogP contribution in [0.2, 0.25) is 19.1 Å². The Hall–Kier alpha value is 0.532. The summed E-state index contributed by atoms with van der Waals surface area (Å²) in [6.07, 6.45) is 0. The molecule has 0 amide bonds. The Morgan fingerprint density at radius 1 is 0.462 bits per heavy atom. The van der Waals surface area contributed by atoms with Crippen molar-refractivity contribution in [1.29, 1.82) is 0 Å². The van der Waals surface area contributed by atoms with Crippen LogP contribution in [-0.4, -0.2) is 0 Å². The van der Waals surface area contributed by atoms with E-state index in [4.69, 9.17) is 0 Å². The third-order valence-electron chi connectivity index (χ3n) is 3.27. The molecule has 0 spiro atoms. The average molecular weight is 224 g/mol. The summed E-state index contributed by atoms with van der Waals surface area (Å²) in [4.78, 5) is 0. The Labute approximate surface area is 87.8 Å². The van der Waals surface area contributed by atoms with Gasteiger partial charge in [0.1, 0.15) is 0 Å². The standard InChI is InChI=1S/4C3H7.Cr/c4*1-3-2;/h4*3H,1-2H3;. The van der Waals surface area contributed by atoms with E-state index in [1.54, 1.807) is 0 Å². The number of hydrogen-bond acceptors (Lipinski definition) is 0. The van der Waals surface area contributed by atoms with Crippen molar-refractivity contribution < 1.29 is 13.1 Å². The summed E-state index contributed by atoms with van der Waals surface area (Å²) in [6, 6.07) is 0. The molecule has 0 aliphatic heterocycles. The van der Waals surface area contributed by atoms with Gasteiger partial charge in [-0.2, -0.15) is 0 Å². The zero-order chi connectivity index (χ0) is 10.8. The molecule has 0 aromatic heterocycles. The van der Waals surface area contributed by atoms with Crippen LogP contribution in [0.15, 0.2) is 0 Å². The van der Waals surface area contributed by atoms with Gasteiger partial charge >= 0.3 is 87.6 Å². The molecule has 13 heavy (non-hydrogen) atoms. The topological polar surface area (TPSA) is 0 Å². The molecule has 0 radical (unpaired) electrons. The molecule has 0 unspecified atom stereocenters. The van der Waals surface area contributed by atoms with Crippen molar-refractivity contribution in [3.8, 4) is 0 Å². The van der Waals surface area contributed by atoms with Gasteiger partial charge in [0, 0.05) is 0 Å². The second kappa shape index (κ2) is 4.85. The molecule has 0 aliphatic rings. The summed E-state index contributed by atoms with van der Waals surface area (Å²) in [5.74, 6) is 0. The molecule has 0 nitrogen and oxygen atoms in total. The van der Waals surface area contributed by atoms with Gasteiger partial charge in [0.2, 0.25) is 0 Å². The molecule has 0 fully saturated rings. The van der Waals surface area contributed by atoms with E-state index in [1.807, 2.05) is 0 Å². The molecule has 0 aliphatic carbocycles. The summed E-state index contributed by atoms with van der Waals surface area (Å²) in [5, 5.41) is 0. The Kier molecular flexibility index (Phi) is 5.05. The van der Waals surface area contributed by atoms with Gasteiger partial charge in [-0.15, -0.1) is 0 Å². The molecule has 0 rings (SSSR count). The maximum atomic E-state index is 2.44. The zero-order valence-electron chi connectivity index (χ0n) is 10.7. The summed E-state index contributed by atoms with van der Waals surface area (Å²) in [6.45, 7) is 19.6. The van der Waals surface area contributed by atoms with Crippen molar-refractivity contribution in [3.05, 3.63) is 0 Å². The van der Waals surface area contributed by atoms with E-state index in [2.05, 4.69) is 55.4 Å². The molecule has 0 bridgehead atoms. The van der Waals surface area contributed by atoms with Crippen LogP contribution in [0.3, 0.4) is 0 Å². The fourth-order valence-corrected chi connectivity index (χ4v) is 13.5. The van der Waals surface area contributed by atoms with Crippen LogP contribution in [0.4, 0.5) is 0 Å². The average Bonchev–Trinajstić information content (AvgIpc) is 1.82. The first-order valence-electron chi connectivity index (χ1n) is 5.56. The van der Waals surface area contributed by atoms with Crippen LogP contribution in [0, 0.1) is 0 Å². The van der Waals surface area contributed by atoms with E-state index in [9.17, 15) is 0 Å². The first-order valence-corrected chi connectivity index (χ1v) is 8.51. The van der Waals surface area contributed by atoms with Gasteiger partial charge in [0.25, 0.3) is 0 Å². The first kappa shape index (κ1) is 13.5. The summed E-state index contributed by atoms with van der Waals surface area (Å²) >= 11 is -1.31. The van der Waals surface area contributed by atoms with Gasteiger partial charge in [-0.1, -0.05) is 0 Å².